The average molecular weight is 299 g/mol. The predicted molar refractivity (Wildman–Crippen MR) is 70.3 cm³/mol. The Morgan fingerprint density at radius 2 is 1.53 bits per heavy atom. The van der Waals surface area contributed by atoms with Crippen molar-refractivity contribution in [3.63, 3.8) is 0 Å². The van der Waals surface area contributed by atoms with Crippen LogP contribution in [-0.4, -0.2) is 25.3 Å². The van der Waals surface area contributed by atoms with E-state index in [1.54, 1.807) is 0 Å². The van der Waals surface area contributed by atoms with Gasteiger partial charge in [0, 0.05) is 5.33 Å². The molecule has 0 aromatic carbocycles. The van der Waals surface area contributed by atoms with Gasteiger partial charge in [0.05, 0.1) is 11.5 Å². The molecule has 0 amide bonds. The van der Waals surface area contributed by atoms with Crippen LogP contribution in [0, 0.1) is 11.8 Å². The first-order chi connectivity index (χ1) is 6.87. The molecule has 0 spiro atoms. The summed E-state index contributed by atoms with van der Waals surface area (Å²) in [5, 5.41) is 0.959. The lowest BCUT2D eigenvalue weighted by molar-refractivity contribution is 0.532. The van der Waals surface area contributed by atoms with Crippen molar-refractivity contribution >= 4 is 25.8 Å². The number of halogens is 1. The van der Waals surface area contributed by atoms with Crippen LogP contribution in [0.3, 0.4) is 0 Å². The van der Waals surface area contributed by atoms with E-state index in [1.165, 1.54) is 0 Å². The zero-order chi connectivity index (χ0) is 11.9. The van der Waals surface area contributed by atoms with Crippen LogP contribution in [0.4, 0.5) is 0 Å². The molecule has 0 aliphatic carbocycles. The molecule has 15 heavy (non-hydrogen) atoms. The Kier molecular flexibility index (Phi) is 7.88. The minimum Gasteiger partial charge on any atom is -0.229 e. The van der Waals surface area contributed by atoms with Crippen molar-refractivity contribution in [1.29, 1.82) is 0 Å². The summed E-state index contributed by atoms with van der Waals surface area (Å²) in [5.74, 6) is 1.68. The molecule has 0 bridgehead atoms. The molecule has 0 heterocycles. The molecule has 2 nitrogen and oxygen atoms in total. The first kappa shape index (κ1) is 15.4. The second kappa shape index (κ2) is 7.66. The molecule has 4 heteroatoms. The molecule has 1 atom stereocenters. The van der Waals surface area contributed by atoms with Crippen molar-refractivity contribution in [2.45, 2.75) is 40.0 Å². The molecule has 0 aromatic heterocycles. The molecule has 1 unspecified atom stereocenters. The molecule has 0 fully saturated rings. The van der Waals surface area contributed by atoms with Crippen molar-refractivity contribution in [3.05, 3.63) is 0 Å². The van der Waals surface area contributed by atoms with E-state index < -0.39 is 9.84 Å². The molecule has 0 aromatic rings. The molecule has 0 N–H and O–H groups in total. The third kappa shape index (κ3) is 9.36. The van der Waals surface area contributed by atoms with E-state index in [-0.39, 0.29) is 0 Å². The van der Waals surface area contributed by atoms with Crippen molar-refractivity contribution in [1.82, 2.24) is 0 Å². The highest BCUT2D eigenvalue weighted by atomic mass is 79.9. The fourth-order valence-electron chi connectivity index (χ4n) is 1.23. The minimum atomic E-state index is -2.81. The van der Waals surface area contributed by atoms with Gasteiger partial charge in [-0.3, -0.25) is 0 Å². The third-order valence-electron chi connectivity index (χ3n) is 2.53. The summed E-state index contributed by atoms with van der Waals surface area (Å²) in [4.78, 5) is 0. The Labute approximate surface area is 103 Å². The van der Waals surface area contributed by atoms with E-state index in [9.17, 15) is 8.42 Å². The molecule has 0 rings (SSSR count). The number of rotatable bonds is 8. The minimum absolute atomic E-state index is 0.353. The van der Waals surface area contributed by atoms with E-state index in [4.69, 9.17) is 0 Å². The summed E-state index contributed by atoms with van der Waals surface area (Å²) < 4.78 is 23.3. The summed E-state index contributed by atoms with van der Waals surface area (Å²) in [7, 11) is -2.81. The van der Waals surface area contributed by atoms with Crippen LogP contribution in [0.1, 0.15) is 40.0 Å². The highest BCUT2D eigenvalue weighted by molar-refractivity contribution is 9.09. The van der Waals surface area contributed by atoms with Gasteiger partial charge in [-0.2, -0.15) is 0 Å². The topological polar surface area (TPSA) is 34.1 Å². The Balaban J connectivity index is 3.83. The number of hydrogen-bond donors (Lipinski definition) is 0. The summed E-state index contributed by atoms with van der Waals surface area (Å²) in [5.41, 5.74) is 0. The van der Waals surface area contributed by atoms with Crippen LogP contribution in [0.2, 0.25) is 0 Å². The van der Waals surface area contributed by atoms with E-state index in [0.717, 1.165) is 24.6 Å². The van der Waals surface area contributed by atoms with Gasteiger partial charge in [-0.1, -0.05) is 36.7 Å². The lowest BCUT2D eigenvalue weighted by Crippen LogP contribution is -2.15. The van der Waals surface area contributed by atoms with Crippen LogP contribution in [0.15, 0.2) is 0 Å². The highest BCUT2D eigenvalue weighted by Crippen LogP contribution is 2.12. The molecule has 0 saturated heterocycles. The van der Waals surface area contributed by atoms with Gasteiger partial charge >= 0.3 is 0 Å². The Bertz CT molecular complexity index is 247. The molecule has 0 aliphatic rings. The normalized spacial score (nSPS) is 14.5. The largest absolute Gasteiger partial charge is 0.229 e. The quantitative estimate of drug-likeness (QED) is 0.645. The van der Waals surface area contributed by atoms with Gasteiger partial charge in [0.1, 0.15) is 9.84 Å². The molecule has 92 valence electrons. The molecule has 0 aliphatic heterocycles. The van der Waals surface area contributed by atoms with Gasteiger partial charge in [-0.25, -0.2) is 8.42 Å². The summed E-state index contributed by atoms with van der Waals surface area (Å²) in [6.45, 7) is 6.23. The van der Waals surface area contributed by atoms with Crippen molar-refractivity contribution < 1.29 is 8.42 Å². The molecular weight excluding hydrogens is 276 g/mol. The van der Waals surface area contributed by atoms with Crippen LogP contribution in [-0.2, 0) is 9.84 Å². The van der Waals surface area contributed by atoms with Crippen LogP contribution in [0.5, 0.6) is 0 Å². The zero-order valence-corrected chi connectivity index (χ0v) is 12.4. The standard InChI is InChI=1S/C11H23BrO2S/c1-10(2)5-8-15(13,14)9-6-11(3)4-7-12/h10-11H,4-9H2,1-3H3. The smallest absolute Gasteiger partial charge is 0.150 e. The second-order valence-electron chi connectivity index (χ2n) is 4.71. The van der Waals surface area contributed by atoms with Crippen molar-refractivity contribution in [3.8, 4) is 0 Å². The van der Waals surface area contributed by atoms with E-state index in [2.05, 4.69) is 36.7 Å². The molecule has 0 radical (unpaired) electrons. The fraction of sp³-hybridized carbons (Fsp3) is 1.00. The Hall–Kier alpha value is 0.430. The first-order valence-electron chi connectivity index (χ1n) is 5.63. The fourth-order valence-corrected chi connectivity index (χ4v) is 3.81. The van der Waals surface area contributed by atoms with E-state index >= 15 is 0 Å². The third-order valence-corrected chi connectivity index (χ3v) is 4.70. The Morgan fingerprint density at radius 3 is 2.00 bits per heavy atom. The zero-order valence-electron chi connectivity index (χ0n) is 10.0. The Morgan fingerprint density at radius 1 is 1.00 bits per heavy atom. The van der Waals surface area contributed by atoms with E-state index in [0.29, 0.717) is 23.3 Å². The van der Waals surface area contributed by atoms with Crippen molar-refractivity contribution in [2.24, 2.45) is 11.8 Å². The van der Waals surface area contributed by atoms with Gasteiger partial charge in [-0.05, 0) is 31.1 Å². The lowest BCUT2D eigenvalue weighted by atomic mass is 10.1. The van der Waals surface area contributed by atoms with Crippen LogP contribution < -0.4 is 0 Å². The summed E-state index contributed by atoms with van der Waals surface area (Å²) in [6, 6.07) is 0. The summed E-state index contributed by atoms with van der Waals surface area (Å²) in [6.07, 6.45) is 2.64. The molecular formula is C11H23BrO2S. The first-order valence-corrected chi connectivity index (χ1v) is 8.58. The maximum absolute atomic E-state index is 11.6. The maximum atomic E-state index is 11.6. The predicted octanol–water partition coefficient (Wildman–Crippen LogP) is 3.26. The van der Waals surface area contributed by atoms with Gasteiger partial charge in [0.15, 0.2) is 0 Å². The van der Waals surface area contributed by atoms with E-state index in [1.807, 2.05) is 0 Å². The highest BCUT2D eigenvalue weighted by Gasteiger charge is 2.13. The van der Waals surface area contributed by atoms with Gasteiger partial charge in [0.25, 0.3) is 0 Å². The van der Waals surface area contributed by atoms with Gasteiger partial charge < -0.3 is 0 Å². The monoisotopic (exact) mass is 298 g/mol. The number of sulfone groups is 1. The van der Waals surface area contributed by atoms with Crippen LogP contribution in [0.25, 0.3) is 0 Å². The maximum Gasteiger partial charge on any atom is 0.150 e. The second-order valence-corrected chi connectivity index (χ2v) is 7.80. The number of alkyl halides is 1. The SMILES string of the molecule is CC(C)CCS(=O)(=O)CCC(C)CCBr. The van der Waals surface area contributed by atoms with Gasteiger partial charge in [-0.15, -0.1) is 0 Å². The van der Waals surface area contributed by atoms with Crippen molar-refractivity contribution in [2.75, 3.05) is 16.8 Å². The number of hydrogen-bond acceptors (Lipinski definition) is 2. The average Bonchev–Trinajstić information content (AvgIpc) is 2.13. The van der Waals surface area contributed by atoms with Crippen LogP contribution >= 0.6 is 15.9 Å². The lowest BCUT2D eigenvalue weighted by Gasteiger charge is -2.10. The summed E-state index contributed by atoms with van der Waals surface area (Å²) >= 11 is 3.37. The molecule has 0 saturated carbocycles. The van der Waals surface area contributed by atoms with Gasteiger partial charge in [0.2, 0.25) is 0 Å².